The van der Waals surface area contributed by atoms with E-state index >= 15 is 0 Å². The van der Waals surface area contributed by atoms with Gasteiger partial charge in [-0.2, -0.15) is 5.10 Å². The fraction of sp³-hybridized carbons (Fsp3) is 0.412. The molecule has 23 heavy (non-hydrogen) atoms. The predicted octanol–water partition coefficient (Wildman–Crippen LogP) is 1.31. The number of amides is 1. The zero-order chi connectivity index (χ0) is 16.2. The van der Waals surface area contributed by atoms with Crippen molar-refractivity contribution in [2.75, 3.05) is 13.2 Å². The lowest BCUT2D eigenvalue weighted by molar-refractivity contribution is -0.120. The molecule has 3 atom stereocenters. The first kappa shape index (κ1) is 15.7. The van der Waals surface area contributed by atoms with Gasteiger partial charge in [0.1, 0.15) is 6.04 Å². The summed E-state index contributed by atoms with van der Waals surface area (Å²) in [5.74, 6) is -0.0715. The Morgan fingerprint density at radius 1 is 1.48 bits per heavy atom. The van der Waals surface area contributed by atoms with Gasteiger partial charge >= 0.3 is 0 Å². The second-order valence-electron chi connectivity index (χ2n) is 5.94. The number of nitrogens with zero attached hydrogens (tertiary/aromatic N) is 2. The van der Waals surface area contributed by atoms with Gasteiger partial charge in [0.15, 0.2) is 0 Å². The maximum absolute atomic E-state index is 11.8. The van der Waals surface area contributed by atoms with Crippen LogP contribution >= 0.6 is 0 Å². The molecule has 2 aromatic rings. The molecular formula is C17H22N4O2. The summed E-state index contributed by atoms with van der Waals surface area (Å²) in [6.07, 6.45) is 4.78. The van der Waals surface area contributed by atoms with Gasteiger partial charge in [0, 0.05) is 37.9 Å². The summed E-state index contributed by atoms with van der Waals surface area (Å²) in [5.41, 5.74) is 7.52. The van der Waals surface area contributed by atoms with Crippen LogP contribution < -0.4 is 11.1 Å². The summed E-state index contributed by atoms with van der Waals surface area (Å²) in [4.78, 5) is 11.8. The second-order valence-corrected chi connectivity index (χ2v) is 5.94. The van der Waals surface area contributed by atoms with Gasteiger partial charge in [0.25, 0.3) is 0 Å². The summed E-state index contributed by atoms with van der Waals surface area (Å²) < 4.78 is 7.63. The van der Waals surface area contributed by atoms with Crippen molar-refractivity contribution in [1.29, 1.82) is 0 Å². The van der Waals surface area contributed by atoms with Crippen LogP contribution in [0.3, 0.4) is 0 Å². The number of hydrogen-bond donors (Lipinski definition) is 2. The van der Waals surface area contributed by atoms with Crippen LogP contribution in [0.2, 0.25) is 0 Å². The lowest BCUT2D eigenvalue weighted by Crippen LogP contribution is -2.37. The molecule has 3 rings (SSSR count). The quantitative estimate of drug-likeness (QED) is 0.842. The number of nitrogens with one attached hydrogen (secondary N) is 1. The monoisotopic (exact) mass is 314 g/mol. The van der Waals surface area contributed by atoms with Crippen molar-refractivity contribution >= 4 is 5.91 Å². The smallest absolute Gasteiger partial charge is 0.239 e. The number of carbonyl (C=O) groups is 1. The molecule has 1 saturated heterocycles. The molecule has 0 spiro atoms. The van der Waals surface area contributed by atoms with Gasteiger partial charge in [-0.15, -0.1) is 0 Å². The van der Waals surface area contributed by atoms with Crippen molar-refractivity contribution < 1.29 is 9.53 Å². The van der Waals surface area contributed by atoms with E-state index in [1.807, 2.05) is 49.8 Å². The number of primary amides is 1. The Morgan fingerprint density at radius 3 is 2.91 bits per heavy atom. The summed E-state index contributed by atoms with van der Waals surface area (Å²) in [5, 5.41) is 7.51. The highest BCUT2D eigenvalue weighted by atomic mass is 16.5. The van der Waals surface area contributed by atoms with E-state index in [0.717, 1.165) is 24.2 Å². The average molecular weight is 314 g/mol. The van der Waals surface area contributed by atoms with Crippen LogP contribution in [-0.4, -0.2) is 28.8 Å². The zero-order valence-electron chi connectivity index (χ0n) is 13.2. The molecule has 1 amide bonds. The molecule has 6 heteroatoms. The highest BCUT2D eigenvalue weighted by molar-refractivity contribution is 5.81. The number of aryl methyl sites for hydroxylation is 1. The minimum absolute atomic E-state index is 0.0144. The third-order valence-electron chi connectivity index (χ3n) is 4.27. The fourth-order valence-electron chi connectivity index (χ4n) is 3.10. The summed E-state index contributed by atoms with van der Waals surface area (Å²) in [6, 6.07) is 9.07. The number of hydrogen-bond acceptors (Lipinski definition) is 4. The molecule has 1 aliphatic rings. The highest BCUT2D eigenvalue weighted by Crippen LogP contribution is 2.34. The number of nitrogens with two attached hydrogens (primary N) is 1. The second kappa shape index (κ2) is 6.93. The molecule has 1 aromatic carbocycles. The van der Waals surface area contributed by atoms with Crippen molar-refractivity contribution in [3.8, 4) is 0 Å². The molecule has 122 valence electrons. The van der Waals surface area contributed by atoms with Crippen LogP contribution in [-0.2, 0) is 16.6 Å². The molecule has 3 N–H and O–H groups in total. The first-order valence-corrected chi connectivity index (χ1v) is 7.83. The number of rotatable bonds is 6. The molecule has 0 bridgehead atoms. The Labute approximate surface area is 135 Å². The Morgan fingerprint density at radius 2 is 2.26 bits per heavy atom. The van der Waals surface area contributed by atoms with Crippen molar-refractivity contribution in [3.63, 3.8) is 0 Å². The van der Waals surface area contributed by atoms with Gasteiger partial charge in [-0.05, 0) is 12.0 Å². The molecule has 0 saturated carbocycles. The Bertz CT molecular complexity index is 656. The molecular weight excluding hydrogens is 292 g/mol. The van der Waals surface area contributed by atoms with Gasteiger partial charge in [-0.1, -0.05) is 30.3 Å². The molecule has 6 nitrogen and oxygen atoms in total. The lowest BCUT2D eigenvalue weighted by Gasteiger charge is -2.21. The van der Waals surface area contributed by atoms with E-state index in [4.69, 9.17) is 10.5 Å². The van der Waals surface area contributed by atoms with Crippen LogP contribution in [0, 0.1) is 5.92 Å². The van der Waals surface area contributed by atoms with Crippen molar-refractivity contribution in [1.82, 2.24) is 15.1 Å². The standard InChI is InChI=1S/C17H22N4O2/c1-21-11-14(10-20-21)16-13(7-8-23-16)9-19-15(17(18)22)12-5-3-2-4-6-12/h2-6,10-11,13,15-16,19H,7-9H2,1H3,(H2,18,22)/t13-,15-,16+/m0/s1. The largest absolute Gasteiger partial charge is 0.373 e. The minimum atomic E-state index is -0.480. The first-order valence-electron chi connectivity index (χ1n) is 7.83. The van der Waals surface area contributed by atoms with E-state index in [0.29, 0.717) is 12.5 Å². The molecule has 0 radical (unpaired) electrons. The molecule has 0 aliphatic carbocycles. The van der Waals surface area contributed by atoms with E-state index < -0.39 is 6.04 Å². The van der Waals surface area contributed by atoms with E-state index in [1.54, 1.807) is 4.68 Å². The third-order valence-corrected chi connectivity index (χ3v) is 4.27. The van der Waals surface area contributed by atoms with Crippen molar-refractivity contribution in [3.05, 3.63) is 53.9 Å². The molecule has 1 fully saturated rings. The van der Waals surface area contributed by atoms with Gasteiger partial charge in [-0.25, -0.2) is 0 Å². The van der Waals surface area contributed by atoms with Crippen LogP contribution in [0.1, 0.15) is 29.7 Å². The zero-order valence-corrected chi connectivity index (χ0v) is 13.2. The Balaban J connectivity index is 1.67. The lowest BCUT2D eigenvalue weighted by atomic mass is 9.96. The summed E-state index contributed by atoms with van der Waals surface area (Å²) in [7, 11) is 1.89. The average Bonchev–Trinajstić information content (AvgIpc) is 3.17. The normalized spacial score (nSPS) is 22.1. The SMILES string of the molecule is Cn1cc([C@@H]2OCC[C@H]2CN[C@H](C(N)=O)c2ccccc2)cn1. The van der Waals surface area contributed by atoms with Crippen LogP contribution in [0.5, 0.6) is 0 Å². The molecule has 1 aromatic heterocycles. The number of benzene rings is 1. The van der Waals surface area contributed by atoms with Crippen molar-refractivity contribution in [2.24, 2.45) is 18.7 Å². The van der Waals surface area contributed by atoms with Gasteiger partial charge < -0.3 is 15.8 Å². The topological polar surface area (TPSA) is 82.2 Å². The first-order chi connectivity index (χ1) is 11.1. The van der Waals surface area contributed by atoms with Crippen LogP contribution in [0.25, 0.3) is 0 Å². The van der Waals surface area contributed by atoms with Gasteiger partial charge in [0.2, 0.25) is 5.91 Å². The van der Waals surface area contributed by atoms with E-state index in [-0.39, 0.29) is 12.0 Å². The van der Waals surface area contributed by atoms with Crippen LogP contribution in [0.15, 0.2) is 42.7 Å². The fourth-order valence-corrected chi connectivity index (χ4v) is 3.10. The van der Waals surface area contributed by atoms with E-state index in [9.17, 15) is 4.79 Å². The Kier molecular flexibility index (Phi) is 4.73. The summed E-state index contributed by atoms with van der Waals surface area (Å²) >= 11 is 0. The number of carbonyl (C=O) groups excluding carboxylic acids is 1. The molecule has 2 heterocycles. The van der Waals surface area contributed by atoms with E-state index in [2.05, 4.69) is 10.4 Å². The number of ether oxygens (including phenoxy) is 1. The molecule has 0 unspecified atom stereocenters. The Hall–Kier alpha value is -2.18. The van der Waals surface area contributed by atoms with Gasteiger partial charge in [0.05, 0.1) is 12.3 Å². The highest BCUT2D eigenvalue weighted by Gasteiger charge is 2.31. The van der Waals surface area contributed by atoms with Crippen molar-refractivity contribution in [2.45, 2.75) is 18.6 Å². The minimum Gasteiger partial charge on any atom is -0.373 e. The van der Waals surface area contributed by atoms with E-state index in [1.165, 1.54) is 0 Å². The maximum atomic E-state index is 11.8. The van der Waals surface area contributed by atoms with Crippen LogP contribution in [0.4, 0.5) is 0 Å². The maximum Gasteiger partial charge on any atom is 0.239 e. The molecule has 1 aliphatic heterocycles. The third kappa shape index (κ3) is 3.60. The van der Waals surface area contributed by atoms with Gasteiger partial charge in [-0.3, -0.25) is 9.48 Å². The summed E-state index contributed by atoms with van der Waals surface area (Å²) in [6.45, 7) is 1.39. The predicted molar refractivity (Wildman–Crippen MR) is 86.4 cm³/mol. The number of aromatic nitrogens is 2.